The first-order chi connectivity index (χ1) is 11.9. The van der Waals surface area contributed by atoms with Crippen LogP contribution in [0.2, 0.25) is 0 Å². The van der Waals surface area contributed by atoms with Gasteiger partial charge in [-0.15, -0.1) is 0 Å². The lowest BCUT2D eigenvalue weighted by atomic mass is 9.92. The summed E-state index contributed by atoms with van der Waals surface area (Å²) in [5.41, 5.74) is 5.83. The van der Waals surface area contributed by atoms with E-state index in [2.05, 4.69) is 64.6 Å². The third kappa shape index (κ3) is 2.21. The van der Waals surface area contributed by atoms with E-state index in [1.807, 2.05) is 0 Å². The molecule has 1 aliphatic heterocycles. The van der Waals surface area contributed by atoms with Gasteiger partial charge in [0.15, 0.2) is 0 Å². The second-order valence-electron chi connectivity index (χ2n) is 7.32. The number of piperidine rings is 1. The smallest absolute Gasteiger partial charge is 0.0457 e. The third-order valence-corrected chi connectivity index (χ3v) is 6.02. The number of rotatable bonds is 2. The molecule has 5 rings (SSSR count). The summed E-state index contributed by atoms with van der Waals surface area (Å²) in [5.74, 6) is 0.518. The average molecular weight is 316 g/mol. The fourth-order valence-electron chi connectivity index (χ4n) is 4.86. The molecule has 3 aromatic rings. The van der Waals surface area contributed by atoms with Crippen LogP contribution in [0.15, 0.2) is 54.7 Å². The molecule has 1 aromatic heterocycles. The van der Waals surface area contributed by atoms with Crippen LogP contribution in [0.5, 0.6) is 0 Å². The van der Waals surface area contributed by atoms with E-state index in [0.717, 1.165) is 0 Å². The van der Waals surface area contributed by atoms with Crippen molar-refractivity contribution in [1.82, 2.24) is 9.88 Å². The van der Waals surface area contributed by atoms with Crippen molar-refractivity contribution >= 4 is 10.9 Å². The van der Waals surface area contributed by atoms with Gasteiger partial charge in [-0.3, -0.25) is 4.90 Å². The number of H-pyrrole nitrogens is 1. The number of aromatic amines is 1. The highest BCUT2D eigenvalue weighted by molar-refractivity contribution is 5.84. The summed E-state index contributed by atoms with van der Waals surface area (Å²) in [5, 5.41) is 1.39. The number of fused-ring (bicyclic) bond motifs is 2. The van der Waals surface area contributed by atoms with Gasteiger partial charge in [-0.25, -0.2) is 0 Å². The molecule has 1 aliphatic carbocycles. The lowest BCUT2D eigenvalue weighted by Gasteiger charge is -2.33. The number of nitrogens with zero attached hydrogens (tertiary/aromatic N) is 1. The van der Waals surface area contributed by atoms with Crippen molar-refractivity contribution in [1.29, 1.82) is 0 Å². The molecule has 1 fully saturated rings. The van der Waals surface area contributed by atoms with E-state index < -0.39 is 0 Å². The highest BCUT2D eigenvalue weighted by atomic mass is 15.2. The molecule has 2 nitrogen and oxygen atoms in total. The Morgan fingerprint density at radius 1 is 0.792 bits per heavy atom. The minimum atomic E-state index is 0.518. The predicted octanol–water partition coefficient (Wildman–Crippen LogP) is 5.23. The molecule has 2 aliphatic rings. The van der Waals surface area contributed by atoms with Crippen LogP contribution in [0, 0.1) is 0 Å². The largest absolute Gasteiger partial charge is 0.361 e. The second kappa shape index (κ2) is 5.78. The van der Waals surface area contributed by atoms with Crippen LogP contribution < -0.4 is 0 Å². The monoisotopic (exact) mass is 316 g/mol. The topological polar surface area (TPSA) is 19.0 Å². The van der Waals surface area contributed by atoms with Crippen molar-refractivity contribution in [3.8, 4) is 0 Å². The summed E-state index contributed by atoms with van der Waals surface area (Å²) in [4.78, 5) is 6.21. The average Bonchev–Trinajstić information content (AvgIpc) is 3.24. The van der Waals surface area contributed by atoms with Gasteiger partial charge < -0.3 is 4.98 Å². The lowest BCUT2D eigenvalue weighted by Crippen LogP contribution is -2.32. The number of benzene rings is 2. The van der Waals surface area contributed by atoms with Gasteiger partial charge in [0, 0.05) is 29.1 Å². The van der Waals surface area contributed by atoms with Gasteiger partial charge in [-0.2, -0.15) is 0 Å². The van der Waals surface area contributed by atoms with Crippen LogP contribution in [0.4, 0.5) is 0 Å². The Hall–Kier alpha value is -2.06. The number of para-hydroxylation sites is 1. The van der Waals surface area contributed by atoms with Crippen molar-refractivity contribution in [3.05, 3.63) is 71.4 Å². The molecule has 0 radical (unpaired) electrons. The molecule has 0 bridgehead atoms. The van der Waals surface area contributed by atoms with E-state index >= 15 is 0 Å². The molecule has 1 saturated heterocycles. The third-order valence-electron chi connectivity index (χ3n) is 6.02. The second-order valence-corrected chi connectivity index (χ2v) is 7.32. The number of hydrogen-bond acceptors (Lipinski definition) is 1. The van der Waals surface area contributed by atoms with E-state index in [0.29, 0.717) is 12.0 Å². The lowest BCUT2D eigenvalue weighted by molar-refractivity contribution is 0.161. The van der Waals surface area contributed by atoms with Gasteiger partial charge in [0.2, 0.25) is 0 Å². The Morgan fingerprint density at radius 2 is 1.54 bits per heavy atom. The molecule has 0 unspecified atom stereocenters. The highest BCUT2D eigenvalue weighted by Crippen LogP contribution is 2.48. The molecular formula is C22H24N2. The van der Waals surface area contributed by atoms with Crippen molar-refractivity contribution in [2.24, 2.45) is 0 Å². The fourth-order valence-corrected chi connectivity index (χ4v) is 4.86. The van der Waals surface area contributed by atoms with E-state index in [1.54, 1.807) is 5.56 Å². The summed E-state index contributed by atoms with van der Waals surface area (Å²) in [6.07, 6.45) is 7.58. The van der Waals surface area contributed by atoms with E-state index in [1.165, 1.54) is 60.8 Å². The normalized spacial score (nSPS) is 24.3. The molecular weight excluding hydrogens is 292 g/mol. The summed E-state index contributed by atoms with van der Waals surface area (Å²) in [7, 11) is 0. The Labute approximate surface area is 143 Å². The molecule has 0 saturated carbocycles. The maximum atomic E-state index is 3.48. The molecule has 122 valence electrons. The van der Waals surface area contributed by atoms with Crippen LogP contribution in [0.25, 0.3) is 10.9 Å². The zero-order valence-corrected chi connectivity index (χ0v) is 14.0. The number of hydrogen-bond donors (Lipinski definition) is 1. The van der Waals surface area contributed by atoms with Gasteiger partial charge >= 0.3 is 0 Å². The number of nitrogens with one attached hydrogen (secondary N) is 1. The zero-order chi connectivity index (χ0) is 15.9. The van der Waals surface area contributed by atoms with Gasteiger partial charge in [0.05, 0.1) is 0 Å². The standard InChI is InChI=1S/C22H24N2/c1-6-12-24(13-7-1)22-14-19(16-8-2-3-10-18(16)22)20-15-23-21-11-5-4-9-17(20)21/h2-5,8-11,15,19,22-23H,1,6-7,12-14H2/t19-,22+/m1/s1. The summed E-state index contributed by atoms with van der Waals surface area (Å²) in [6.45, 7) is 2.53. The van der Waals surface area contributed by atoms with Crippen molar-refractivity contribution < 1.29 is 0 Å². The maximum Gasteiger partial charge on any atom is 0.0457 e. The Bertz CT molecular complexity index is 857. The van der Waals surface area contributed by atoms with E-state index in [-0.39, 0.29) is 0 Å². The quantitative estimate of drug-likeness (QED) is 0.686. The minimum absolute atomic E-state index is 0.518. The molecule has 0 amide bonds. The fraction of sp³-hybridized carbons (Fsp3) is 0.364. The van der Waals surface area contributed by atoms with E-state index in [4.69, 9.17) is 0 Å². The molecule has 0 spiro atoms. The zero-order valence-electron chi connectivity index (χ0n) is 14.0. The highest BCUT2D eigenvalue weighted by Gasteiger charge is 2.36. The molecule has 1 N–H and O–H groups in total. The minimum Gasteiger partial charge on any atom is -0.361 e. The van der Waals surface area contributed by atoms with Crippen molar-refractivity contribution in [2.75, 3.05) is 13.1 Å². The summed E-state index contributed by atoms with van der Waals surface area (Å²) >= 11 is 0. The number of likely N-dealkylation sites (tertiary alicyclic amines) is 1. The number of aromatic nitrogens is 1. The van der Waals surface area contributed by atoms with Crippen molar-refractivity contribution in [3.63, 3.8) is 0 Å². The Morgan fingerprint density at radius 3 is 2.42 bits per heavy atom. The Balaban J connectivity index is 1.58. The van der Waals surface area contributed by atoms with Crippen LogP contribution in [-0.4, -0.2) is 23.0 Å². The molecule has 2 heterocycles. The summed E-state index contributed by atoms with van der Waals surface area (Å²) in [6, 6.07) is 18.5. The molecule has 2 heteroatoms. The SMILES string of the molecule is c1ccc2c(c1)[C@H](c1c[nH]c3ccccc13)C[C@@H]2N1CCCCC1. The van der Waals surface area contributed by atoms with Crippen LogP contribution in [0.3, 0.4) is 0 Å². The summed E-state index contributed by atoms with van der Waals surface area (Å²) < 4.78 is 0. The Kier molecular flexibility index (Phi) is 3.45. The molecule has 2 aromatic carbocycles. The first-order valence-corrected chi connectivity index (χ1v) is 9.31. The molecule has 2 atom stereocenters. The van der Waals surface area contributed by atoms with Gasteiger partial charge in [-0.05, 0) is 55.1 Å². The van der Waals surface area contributed by atoms with E-state index in [9.17, 15) is 0 Å². The van der Waals surface area contributed by atoms with Gasteiger partial charge in [0.25, 0.3) is 0 Å². The van der Waals surface area contributed by atoms with Gasteiger partial charge in [-0.1, -0.05) is 48.9 Å². The van der Waals surface area contributed by atoms with Crippen molar-refractivity contribution in [2.45, 2.75) is 37.6 Å². The van der Waals surface area contributed by atoms with Crippen LogP contribution >= 0.6 is 0 Å². The predicted molar refractivity (Wildman–Crippen MR) is 99.4 cm³/mol. The first kappa shape index (κ1) is 14.3. The maximum absolute atomic E-state index is 3.48. The first-order valence-electron chi connectivity index (χ1n) is 9.31. The van der Waals surface area contributed by atoms with Gasteiger partial charge in [0.1, 0.15) is 0 Å². The van der Waals surface area contributed by atoms with Crippen LogP contribution in [0.1, 0.15) is 54.3 Å². The molecule has 24 heavy (non-hydrogen) atoms. The van der Waals surface area contributed by atoms with Crippen LogP contribution in [-0.2, 0) is 0 Å².